The summed E-state index contributed by atoms with van der Waals surface area (Å²) in [6.45, 7) is 6.25. The van der Waals surface area contributed by atoms with E-state index in [1.54, 1.807) is 12.2 Å². The van der Waals surface area contributed by atoms with E-state index in [1.165, 1.54) is 18.1 Å². The van der Waals surface area contributed by atoms with Gasteiger partial charge in [0.25, 0.3) is 0 Å². The molecule has 0 heterocycles. The molecule has 27 heavy (non-hydrogen) atoms. The van der Waals surface area contributed by atoms with Crippen LogP contribution in [0.1, 0.15) is 52.9 Å². The highest BCUT2D eigenvalue weighted by atomic mass is 16.5. The van der Waals surface area contributed by atoms with Crippen molar-refractivity contribution in [3.05, 3.63) is 35.5 Å². The fourth-order valence-corrected chi connectivity index (χ4v) is 6.77. The largest absolute Gasteiger partial charge is 0.462 e. The predicted molar refractivity (Wildman–Crippen MR) is 103 cm³/mol. The summed E-state index contributed by atoms with van der Waals surface area (Å²) in [5.41, 5.74) is 2.31. The Morgan fingerprint density at radius 3 is 2.85 bits per heavy atom. The molecular formula is C23H30O4. The molecule has 0 aliphatic heterocycles. The lowest BCUT2D eigenvalue weighted by Gasteiger charge is -2.58. The highest BCUT2D eigenvalue weighted by Gasteiger charge is 2.60. The van der Waals surface area contributed by atoms with Crippen LogP contribution in [0.2, 0.25) is 0 Å². The van der Waals surface area contributed by atoms with Gasteiger partial charge in [-0.1, -0.05) is 31.1 Å². The second-order valence-electron chi connectivity index (χ2n) is 9.28. The fourth-order valence-electron chi connectivity index (χ4n) is 6.77. The molecule has 1 N–H and O–H groups in total. The maximum Gasteiger partial charge on any atom is 0.302 e. The number of carbonyl (C=O) groups is 2. The average Bonchev–Trinajstić information content (AvgIpc) is 2.91. The Morgan fingerprint density at radius 2 is 2.11 bits per heavy atom. The Labute approximate surface area is 161 Å². The first-order valence-corrected chi connectivity index (χ1v) is 10.2. The van der Waals surface area contributed by atoms with Gasteiger partial charge in [-0.15, -0.1) is 0 Å². The third-order valence-corrected chi connectivity index (χ3v) is 7.96. The van der Waals surface area contributed by atoms with Gasteiger partial charge in [-0.2, -0.15) is 0 Å². The number of esters is 1. The van der Waals surface area contributed by atoms with E-state index in [2.05, 4.69) is 26.0 Å². The van der Waals surface area contributed by atoms with Crippen molar-refractivity contribution in [1.29, 1.82) is 0 Å². The van der Waals surface area contributed by atoms with Crippen LogP contribution in [-0.2, 0) is 14.3 Å². The first-order valence-electron chi connectivity index (χ1n) is 10.2. The summed E-state index contributed by atoms with van der Waals surface area (Å²) >= 11 is 0. The maximum atomic E-state index is 11.9. The third kappa shape index (κ3) is 2.84. The summed E-state index contributed by atoms with van der Waals surface area (Å²) in [5, 5.41) is 11.3. The van der Waals surface area contributed by atoms with Crippen LogP contribution in [0.25, 0.3) is 0 Å². The number of ether oxygens (including phenoxy) is 1. The molecule has 6 atom stereocenters. The number of carbonyl (C=O) groups excluding carboxylic acids is 2. The van der Waals surface area contributed by atoms with Crippen molar-refractivity contribution >= 4 is 11.8 Å². The number of ketones is 1. The minimum atomic E-state index is -0.391. The van der Waals surface area contributed by atoms with E-state index >= 15 is 0 Å². The molecule has 4 heteroatoms. The molecule has 4 aliphatic carbocycles. The van der Waals surface area contributed by atoms with Gasteiger partial charge in [0.1, 0.15) is 6.61 Å². The Kier molecular flexibility index (Phi) is 4.45. The molecule has 4 nitrogen and oxygen atoms in total. The number of hydrogen-bond donors (Lipinski definition) is 1. The Bertz CT molecular complexity index is 760. The van der Waals surface area contributed by atoms with Crippen LogP contribution >= 0.6 is 0 Å². The Balaban J connectivity index is 1.64. The van der Waals surface area contributed by atoms with Crippen LogP contribution in [0.3, 0.4) is 0 Å². The summed E-state index contributed by atoms with van der Waals surface area (Å²) in [6.07, 6.45) is 12.1. The van der Waals surface area contributed by atoms with Crippen molar-refractivity contribution in [3.63, 3.8) is 0 Å². The van der Waals surface area contributed by atoms with Gasteiger partial charge < -0.3 is 9.84 Å². The summed E-state index contributed by atoms with van der Waals surface area (Å²) in [5.74, 6) is 0.992. The van der Waals surface area contributed by atoms with E-state index in [0.717, 1.165) is 32.1 Å². The van der Waals surface area contributed by atoms with E-state index < -0.39 is 6.10 Å². The summed E-state index contributed by atoms with van der Waals surface area (Å²) in [7, 11) is 0. The lowest BCUT2D eigenvalue weighted by atomic mass is 9.47. The molecule has 0 bridgehead atoms. The average molecular weight is 370 g/mol. The van der Waals surface area contributed by atoms with Crippen LogP contribution in [0.5, 0.6) is 0 Å². The van der Waals surface area contributed by atoms with Crippen molar-refractivity contribution < 1.29 is 19.4 Å². The van der Waals surface area contributed by atoms with Gasteiger partial charge in [0.15, 0.2) is 5.78 Å². The number of aliphatic hydroxyl groups excluding tert-OH is 1. The highest BCUT2D eigenvalue weighted by molar-refractivity contribution is 6.01. The molecule has 146 valence electrons. The van der Waals surface area contributed by atoms with Crippen LogP contribution in [-0.4, -0.2) is 29.6 Å². The zero-order valence-corrected chi connectivity index (χ0v) is 16.5. The molecular weight excluding hydrogens is 340 g/mol. The summed E-state index contributed by atoms with van der Waals surface area (Å²) in [4.78, 5) is 22.9. The Morgan fingerprint density at radius 1 is 1.33 bits per heavy atom. The second kappa shape index (κ2) is 6.44. The van der Waals surface area contributed by atoms with Gasteiger partial charge in [0.05, 0.1) is 6.10 Å². The first-order chi connectivity index (χ1) is 12.8. The van der Waals surface area contributed by atoms with Crippen LogP contribution in [0, 0.1) is 28.6 Å². The first kappa shape index (κ1) is 18.7. The van der Waals surface area contributed by atoms with Gasteiger partial charge in [-0.3, -0.25) is 9.59 Å². The quantitative estimate of drug-likeness (QED) is 0.594. The number of hydrogen-bond acceptors (Lipinski definition) is 4. The molecule has 0 saturated heterocycles. The highest BCUT2D eigenvalue weighted by Crippen LogP contribution is 2.65. The Hall–Kier alpha value is -1.68. The fraction of sp³-hybridized carbons (Fsp3) is 0.652. The lowest BCUT2D eigenvalue weighted by molar-refractivity contribution is -0.139. The summed E-state index contributed by atoms with van der Waals surface area (Å²) in [6, 6.07) is 0. The molecule has 3 fully saturated rings. The van der Waals surface area contributed by atoms with Crippen molar-refractivity contribution in [3.8, 4) is 0 Å². The number of rotatable bonds is 2. The standard InChI is InChI=1S/C23H30O4/c1-14(24)27-11-9-15-5-7-19-18-6-4-16-12-17(25)8-10-22(16,2)21(18)20(26)13-23(15,19)3/h8-10,12,18-21,26H,4-7,11,13H2,1-3H3/t18-,19-,20?,21+,22-,23+/m0/s1. The zero-order valence-electron chi connectivity index (χ0n) is 16.5. The molecule has 4 rings (SSSR count). The van der Waals surface area contributed by atoms with E-state index in [-0.39, 0.29) is 28.5 Å². The molecule has 0 aromatic carbocycles. The molecule has 1 unspecified atom stereocenters. The van der Waals surface area contributed by atoms with Crippen molar-refractivity contribution in [1.82, 2.24) is 0 Å². The van der Waals surface area contributed by atoms with E-state index in [0.29, 0.717) is 18.4 Å². The molecule has 4 aliphatic rings. The number of fused-ring (bicyclic) bond motifs is 5. The number of aliphatic hydroxyl groups is 1. The molecule has 0 spiro atoms. The van der Waals surface area contributed by atoms with Crippen LogP contribution in [0.4, 0.5) is 0 Å². The topological polar surface area (TPSA) is 63.6 Å². The van der Waals surface area contributed by atoms with Crippen LogP contribution < -0.4 is 0 Å². The monoisotopic (exact) mass is 370 g/mol. The van der Waals surface area contributed by atoms with Crippen molar-refractivity contribution in [2.24, 2.45) is 28.6 Å². The van der Waals surface area contributed by atoms with Gasteiger partial charge in [-0.25, -0.2) is 0 Å². The van der Waals surface area contributed by atoms with Gasteiger partial charge in [-0.05, 0) is 67.6 Å². The smallest absolute Gasteiger partial charge is 0.302 e. The third-order valence-electron chi connectivity index (χ3n) is 7.96. The predicted octanol–water partition coefficient (Wildman–Crippen LogP) is 3.75. The van der Waals surface area contributed by atoms with E-state index in [4.69, 9.17) is 4.74 Å². The maximum absolute atomic E-state index is 11.9. The lowest BCUT2D eigenvalue weighted by Crippen LogP contribution is -2.55. The molecule has 0 radical (unpaired) electrons. The van der Waals surface area contributed by atoms with Crippen LogP contribution in [0.15, 0.2) is 35.5 Å². The SMILES string of the molecule is CC(=O)OCC=C1CC[C@H]2[C@@H]3CCC4=CC(=O)C=C[C@]4(C)[C@H]3C(O)C[C@]12C. The van der Waals surface area contributed by atoms with E-state index in [9.17, 15) is 14.7 Å². The molecule has 0 aromatic heterocycles. The van der Waals surface area contributed by atoms with Gasteiger partial charge >= 0.3 is 5.97 Å². The van der Waals surface area contributed by atoms with E-state index in [1.807, 2.05) is 0 Å². The molecule has 0 aromatic rings. The van der Waals surface area contributed by atoms with Gasteiger partial charge in [0.2, 0.25) is 0 Å². The van der Waals surface area contributed by atoms with Crippen molar-refractivity contribution in [2.75, 3.05) is 6.61 Å². The minimum Gasteiger partial charge on any atom is -0.462 e. The second-order valence-corrected chi connectivity index (χ2v) is 9.28. The summed E-state index contributed by atoms with van der Waals surface area (Å²) < 4.78 is 5.13. The minimum absolute atomic E-state index is 0.0213. The van der Waals surface area contributed by atoms with Crippen molar-refractivity contribution in [2.45, 2.75) is 59.0 Å². The number of allylic oxidation sites excluding steroid dienone is 5. The normalized spacial score (nSPS) is 44.4. The zero-order chi connectivity index (χ0) is 19.4. The molecule has 0 amide bonds. The van der Waals surface area contributed by atoms with Gasteiger partial charge in [0, 0.05) is 18.3 Å². The molecule has 3 saturated carbocycles.